The number of fused-ring (bicyclic) bond motifs is 1. The number of hydrogen-bond donors (Lipinski definition) is 0. The number of methoxy groups -OCH3 is 1. The quantitative estimate of drug-likeness (QED) is 0.108. The molecule has 0 unspecified atom stereocenters. The van der Waals surface area contributed by atoms with E-state index in [1.165, 1.54) is 60.9 Å². The molecule has 0 amide bonds. The molecule has 0 fully saturated rings. The molecule has 11 nitrogen and oxygen atoms in total. The van der Waals surface area contributed by atoms with Gasteiger partial charge in [-0.2, -0.15) is 10.2 Å². The van der Waals surface area contributed by atoms with Crippen LogP contribution in [0.2, 0.25) is 0 Å². The largest absolute Gasteiger partial charge is 0.496 e. The molecule has 0 saturated heterocycles. The first-order valence-electron chi connectivity index (χ1n) is 14.3. The van der Waals surface area contributed by atoms with Gasteiger partial charge in [0, 0.05) is 11.1 Å². The second-order valence-corrected chi connectivity index (χ2v) is 12.0. The van der Waals surface area contributed by atoms with Crippen molar-refractivity contribution in [2.24, 2.45) is 0 Å². The molecule has 0 N–H and O–H groups in total. The number of thiophene rings is 1. The Morgan fingerprint density at radius 3 is 2.52 bits per heavy atom. The summed E-state index contributed by atoms with van der Waals surface area (Å²) in [5.74, 6) is -0.848. The number of aryl methyl sites for hydroxylation is 1. The van der Waals surface area contributed by atoms with Gasteiger partial charge in [-0.15, -0.1) is 11.4 Å². The number of nitrogens with zero attached hydrogens (tertiary/aromatic N) is 5. The van der Waals surface area contributed by atoms with Gasteiger partial charge in [-0.3, -0.25) is 9.36 Å². The van der Waals surface area contributed by atoms with E-state index in [1.54, 1.807) is 6.92 Å². The third kappa shape index (κ3) is 6.53. The highest BCUT2D eigenvalue weighted by molar-refractivity contribution is 7.21. The molecular formula is C31H38FN5O6S. The van der Waals surface area contributed by atoms with Gasteiger partial charge in [0.2, 0.25) is 0 Å². The van der Waals surface area contributed by atoms with Crippen molar-refractivity contribution >= 4 is 27.5 Å². The highest BCUT2D eigenvalue weighted by atomic mass is 32.1. The van der Waals surface area contributed by atoms with Crippen molar-refractivity contribution in [2.45, 2.75) is 72.1 Å². The lowest BCUT2D eigenvalue weighted by molar-refractivity contribution is -0.153. The molecule has 4 rings (SSSR count). The highest BCUT2D eigenvalue weighted by Crippen LogP contribution is 2.34. The van der Waals surface area contributed by atoms with Gasteiger partial charge in [0.1, 0.15) is 33.0 Å². The van der Waals surface area contributed by atoms with E-state index in [-0.39, 0.29) is 25.1 Å². The van der Waals surface area contributed by atoms with Crippen LogP contribution in [0.15, 0.2) is 52.3 Å². The number of hydrogen-bond acceptors (Lipinski definition) is 9. The van der Waals surface area contributed by atoms with E-state index < -0.39 is 34.7 Å². The molecule has 0 spiro atoms. The molecular weight excluding hydrogens is 589 g/mol. The summed E-state index contributed by atoms with van der Waals surface area (Å²) in [5, 5.41) is 9.19. The van der Waals surface area contributed by atoms with E-state index in [4.69, 9.17) is 14.2 Å². The lowest BCUT2D eigenvalue weighted by Crippen LogP contribution is -2.53. The third-order valence-electron chi connectivity index (χ3n) is 7.31. The minimum atomic E-state index is -1.65. The molecule has 1 aromatic carbocycles. The van der Waals surface area contributed by atoms with Crippen molar-refractivity contribution in [3.63, 3.8) is 0 Å². The molecule has 1 atom stereocenters. The molecule has 0 aliphatic carbocycles. The van der Waals surface area contributed by atoms with Gasteiger partial charge in [-0.05, 0) is 58.7 Å². The predicted octanol–water partition coefficient (Wildman–Crippen LogP) is 5.06. The number of aromatic nitrogens is 5. The number of unbranched alkanes of at least 4 members (excludes halogenated alkanes) is 1. The van der Waals surface area contributed by atoms with Gasteiger partial charge in [0.05, 0.1) is 44.6 Å². The number of esters is 1. The molecule has 44 heavy (non-hydrogen) atoms. The first kappa shape index (κ1) is 32.8. The zero-order valence-corrected chi connectivity index (χ0v) is 26.7. The van der Waals surface area contributed by atoms with Gasteiger partial charge < -0.3 is 14.2 Å². The van der Waals surface area contributed by atoms with Crippen molar-refractivity contribution in [3.8, 4) is 10.8 Å². The SMILES string of the molecule is C=C(C)CCO[C@@H](Cn1c(=O)n(C(C)(C)C(=O)OCCCC)c(=O)c2c(C)c(-n3nccn3)sc21)c1cc(F)ccc1OC. The van der Waals surface area contributed by atoms with Gasteiger partial charge in [-0.25, -0.2) is 18.5 Å². The summed E-state index contributed by atoms with van der Waals surface area (Å²) in [6.45, 7) is 12.7. The van der Waals surface area contributed by atoms with Crippen LogP contribution in [0.3, 0.4) is 0 Å². The van der Waals surface area contributed by atoms with Crippen LogP contribution in [0.4, 0.5) is 4.39 Å². The van der Waals surface area contributed by atoms with Crippen LogP contribution in [0.1, 0.15) is 64.2 Å². The van der Waals surface area contributed by atoms with Gasteiger partial charge in [-0.1, -0.05) is 30.3 Å². The zero-order chi connectivity index (χ0) is 32.2. The normalized spacial score (nSPS) is 12.4. The molecule has 0 saturated carbocycles. The summed E-state index contributed by atoms with van der Waals surface area (Å²) < 4.78 is 34.1. The van der Waals surface area contributed by atoms with Crippen LogP contribution < -0.4 is 16.0 Å². The van der Waals surface area contributed by atoms with E-state index in [1.807, 2.05) is 13.8 Å². The van der Waals surface area contributed by atoms with Gasteiger partial charge >= 0.3 is 11.7 Å². The van der Waals surface area contributed by atoms with E-state index in [0.29, 0.717) is 39.5 Å². The molecule has 236 valence electrons. The fraction of sp³-hybridized carbons (Fsp3) is 0.452. The number of halogens is 1. The maximum Gasteiger partial charge on any atom is 0.333 e. The molecule has 0 radical (unpaired) electrons. The Morgan fingerprint density at radius 1 is 1.18 bits per heavy atom. The van der Waals surface area contributed by atoms with Crippen LogP contribution in [0.5, 0.6) is 5.75 Å². The van der Waals surface area contributed by atoms with E-state index >= 15 is 0 Å². The summed E-state index contributed by atoms with van der Waals surface area (Å²) in [6, 6.07) is 4.07. The van der Waals surface area contributed by atoms with Crippen LogP contribution in [0, 0.1) is 12.7 Å². The Labute approximate surface area is 258 Å². The van der Waals surface area contributed by atoms with Gasteiger partial charge in [0.25, 0.3) is 5.56 Å². The first-order chi connectivity index (χ1) is 20.9. The number of carbonyl (C=O) groups is 1. The lowest BCUT2D eigenvalue weighted by Gasteiger charge is -2.27. The van der Waals surface area contributed by atoms with Crippen LogP contribution >= 0.6 is 11.3 Å². The minimum absolute atomic E-state index is 0.126. The van der Waals surface area contributed by atoms with Crippen molar-refractivity contribution in [2.75, 3.05) is 20.3 Å². The van der Waals surface area contributed by atoms with Crippen LogP contribution in [-0.2, 0) is 26.4 Å². The molecule has 0 bridgehead atoms. The van der Waals surface area contributed by atoms with E-state index in [2.05, 4.69) is 16.8 Å². The van der Waals surface area contributed by atoms with Crippen LogP contribution in [0.25, 0.3) is 15.2 Å². The Bertz CT molecular complexity index is 1770. The number of ether oxygens (including phenoxy) is 3. The fourth-order valence-electron chi connectivity index (χ4n) is 4.82. The molecule has 0 aliphatic rings. The molecule has 13 heteroatoms. The number of carbonyl (C=O) groups excluding carboxylic acids is 1. The summed E-state index contributed by atoms with van der Waals surface area (Å²) in [7, 11) is 1.46. The predicted molar refractivity (Wildman–Crippen MR) is 166 cm³/mol. The molecule has 4 aromatic rings. The van der Waals surface area contributed by atoms with Crippen molar-refractivity contribution < 1.29 is 23.4 Å². The Kier molecular flexibility index (Phi) is 10.2. The summed E-state index contributed by atoms with van der Waals surface area (Å²) in [6.07, 6.45) is 4.12. The standard InChI is InChI=1S/C31H38FN5O6S/c1-8-9-15-43-29(39)31(5,6)36-26(38)25-20(4)27(37-33-13-14-34-37)44-28(25)35(30(36)40)18-24(42-16-12-19(2)3)22-17-21(32)10-11-23(22)41-7/h10-11,13-14,17,24H,2,8-9,12,15-16,18H2,1,3-7H3/t24-/m0/s1. The topological polar surface area (TPSA) is 119 Å². The Balaban J connectivity index is 1.98. The zero-order valence-electron chi connectivity index (χ0n) is 25.9. The summed E-state index contributed by atoms with van der Waals surface area (Å²) in [4.78, 5) is 43.5. The highest BCUT2D eigenvalue weighted by Gasteiger charge is 2.37. The van der Waals surface area contributed by atoms with E-state index in [0.717, 1.165) is 27.9 Å². The molecule has 3 aromatic heterocycles. The average molecular weight is 628 g/mol. The smallest absolute Gasteiger partial charge is 0.333 e. The van der Waals surface area contributed by atoms with Crippen molar-refractivity contribution in [1.29, 1.82) is 0 Å². The Morgan fingerprint density at radius 2 is 1.89 bits per heavy atom. The van der Waals surface area contributed by atoms with Crippen LogP contribution in [-0.4, -0.2) is 50.4 Å². The molecule has 0 aliphatic heterocycles. The van der Waals surface area contributed by atoms with Gasteiger partial charge in [0.15, 0.2) is 0 Å². The maximum atomic E-state index is 14.6. The average Bonchev–Trinajstić information content (AvgIpc) is 3.62. The lowest BCUT2D eigenvalue weighted by atomic mass is 10.0. The summed E-state index contributed by atoms with van der Waals surface area (Å²) >= 11 is 1.16. The molecule has 3 heterocycles. The van der Waals surface area contributed by atoms with Crippen molar-refractivity contribution in [3.05, 3.63) is 80.5 Å². The first-order valence-corrected chi connectivity index (χ1v) is 15.2. The summed E-state index contributed by atoms with van der Waals surface area (Å²) in [5.41, 5.74) is -1.24. The monoisotopic (exact) mass is 627 g/mol. The maximum absolute atomic E-state index is 14.6. The second-order valence-electron chi connectivity index (χ2n) is 11.1. The van der Waals surface area contributed by atoms with Crippen molar-refractivity contribution in [1.82, 2.24) is 24.1 Å². The van der Waals surface area contributed by atoms with E-state index in [9.17, 15) is 18.8 Å². The Hall–Kier alpha value is -4.10. The minimum Gasteiger partial charge on any atom is -0.496 e. The fourth-order valence-corrected chi connectivity index (χ4v) is 6.04. The third-order valence-corrected chi connectivity index (χ3v) is 8.59. The second kappa shape index (κ2) is 13.7. The number of rotatable bonds is 14. The number of benzene rings is 1.